The van der Waals surface area contributed by atoms with E-state index < -0.39 is 0 Å². The van der Waals surface area contributed by atoms with Crippen LogP contribution in [0, 0.1) is 0 Å². The van der Waals surface area contributed by atoms with Crippen LogP contribution in [0.2, 0.25) is 0 Å². The van der Waals surface area contributed by atoms with Gasteiger partial charge in [0.15, 0.2) is 0 Å². The molecule has 9 aromatic carbocycles. The standard InChI is InChI=1S/C52H34N2S/c1-2-14-37-34-40(28-27-35(37)13-1)39-16-11-15-38(33-39)36-29-31-41(32-30-36)53(50-25-12-20-45-44-19-5-10-26-51(44)55-52(45)50)48-23-8-9-24-49(48)54-46-21-6-3-17-42(46)43-18-4-7-22-47(43)54/h1-34H. The van der Waals surface area contributed by atoms with Crippen LogP contribution in [0.1, 0.15) is 0 Å². The summed E-state index contributed by atoms with van der Waals surface area (Å²) in [7, 11) is 0. The predicted octanol–water partition coefficient (Wildman–Crippen LogP) is 15.1. The average molecular weight is 719 g/mol. The summed E-state index contributed by atoms with van der Waals surface area (Å²) in [6, 6.07) is 75.2. The van der Waals surface area contributed by atoms with E-state index in [4.69, 9.17) is 0 Å². The molecule has 3 heteroatoms. The number of anilines is 3. The van der Waals surface area contributed by atoms with Crippen molar-refractivity contribution in [3.05, 3.63) is 206 Å². The van der Waals surface area contributed by atoms with Crippen LogP contribution < -0.4 is 4.90 Å². The summed E-state index contributed by atoms with van der Waals surface area (Å²) in [6.45, 7) is 0. The van der Waals surface area contributed by atoms with E-state index in [0.29, 0.717) is 0 Å². The Morgan fingerprint density at radius 1 is 0.364 bits per heavy atom. The predicted molar refractivity (Wildman–Crippen MR) is 237 cm³/mol. The molecule has 0 unspecified atom stereocenters. The van der Waals surface area contributed by atoms with Crippen LogP contribution in [0.25, 0.3) is 80.7 Å². The highest BCUT2D eigenvalue weighted by Crippen LogP contribution is 2.47. The van der Waals surface area contributed by atoms with Crippen molar-refractivity contribution in [1.82, 2.24) is 4.57 Å². The molecule has 0 N–H and O–H groups in total. The van der Waals surface area contributed by atoms with Crippen LogP contribution in [-0.4, -0.2) is 4.57 Å². The van der Waals surface area contributed by atoms with Gasteiger partial charge in [-0.05, 0) is 93.7 Å². The topological polar surface area (TPSA) is 8.17 Å². The molecule has 258 valence electrons. The van der Waals surface area contributed by atoms with Crippen molar-refractivity contribution in [2.24, 2.45) is 0 Å². The molecule has 2 heterocycles. The van der Waals surface area contributed by atoms with E-state index in [1.165, 1.54) is 75.0 Å². The Kier molecular flexibility index (Phi) is 7.39. The fourth-order valence-corrected chi connectivity index (χ4v) is 9.60. The van der Waals surface area contributed by atoms with Gasteiger partial charge in [-0.1, -0.05) is 146 Å². The van der Waals surface area contributed by atoms with Gasteiger partial charge in [-0.2, -0.15) is 0 Å². The second-order valence-electron chi connectivity index (χ2n) is 14.1. The summed E-state index contributed by atoms with van der Waals surface area (Å²) >= 11 is 1.87. The lowest BCUT2D eigenvalue weighted by Gasteiger charge is -2.29. The molecule has 2 nitrogen and oxygen atoms in total. The van der Waals surface area contributed by atoms with Gasteiger partial charge >= 0.3 is 0 Å². The van der Waals surface area contributed by atoms with E-state index in [0.717, 1.165) is 22.7 Å². The maximum atomic E-state index is 2.46. The molecule has 0 saturated carbocycles. The number of hydrogen-bond donors (Lipinski definition) is 0. The summed E-state index contributed by atoms with van der Waals surface area (Å²) in [5, 5.41) is 7.59. The molecule has 11 aromatic rings. The lowest BCUT2D eigenvalue weighted by molar-refractivity contribution is 1.15. The number of fused-ring (bicyclic) bond motifs is 7. The summed E-state index contributed by atoms with van der Waals surface area (Å²) in [5.74, 6) is 0. The molecule has 2 aromatic heterocycles. The number of hydrogen-bond acceptors (Lipinski definition) is 2. The molecular weight excluding hydrogens is 685 g/mol. The molecule has 0 saturated heterocycles. The zero-order valence-electron chi connectivity index (χ0n) is 29.9. The van der Waals surface area contributed by atoms with Gasteiger partial charge in [-0.25, -0.2) is 0 Å². The van der Waals surface area contributed by atoms with Gasteiger partial charge in [0.2, 0.25) is 0 Å². The minimum atomic E-state index is 1.10. The van der Waals surface area contributed by atoms with Gasteiger partial charge in [0.25, 0.3) is 0 Å². The molecule has 0 spiro atoms. The number of para-hydroxylation sites is 4. The zero-order valence-corrected chi connectivity index (χ0v) is 30.7. The third kappa shape index (κ3) is 5.24. The summed E-state index contributed by atoms with van der Waals surface area (Å²) in [4.78, 5) is 2.46. The molecule has 11 rings (SSSR count). The van der Waals surface area contributed by atoms with Gasteiger partial charge in [-0.3, -0.25) is 0 Å². The average Bonchev–Trinajstić information content (AvgIpc) is 3.81. The molecule has 0 amide bonds. The van der Waals surface area contributed by atoms with Gasteiger partial charge in [0, 0.05) is 31.9 Å². The molecule has 0 aliphatic carbocycles. The Morgan fingerprint density at radius 2 is 0.927 bits per heavy atom. The molecule has 0 aliphatic rings. The van der Waals surface area contributed by atoms with Gasteiger partial charge in [0.05, 0.1) is 32.8 Å². The first-order valence-electron chi connectivity index (χ1n) is 18.8. The Hall–Kier alpha value is -6.94. The maximum absolute atomic E-state index is 2.46. The van der Waals surface area contributed by atoms with Gasteiger partial charge in [-0.15, -0.1) is 11.3 Å². The SMILES string of the molecule is c1cc(-c2ccc(N(c3ccccc3-n3c4ccccc4c4ccccc43)c3cccc4c3sc3ccccc34)cc2)cc(-c2ccc3ccccc3c2)c1. The van der Waals surface area contributed by atoms with Crippen molar-refractivity contribution in [3.8, 4) is 27.9 Å². The van der Waals surface area contributed by atoms with Crippen molar-refractivity contribution in [2.75, 3.05) is 4.90 Å². The van der Waals surface area contributed by atoms with Crippen LogP contribution in [0.15, 0.2) is 206 Å². The maximum Gasteiger partial charge on any atom is 0.0703 e. The van der Waals surface area contributed by atoms with Crippen molar-refractivity contribution in [1.29, 1.82) is 0 Å². The van der Waals surface area contributed by atoms with Crippen molar-refractivity contribution < 1.29 is 0 Å². The summed E-state index contributed by atoms with van der Waals surface area (Å²) in [5.41, 5.74) is 11.7. The van der Waals surface area contributed by atoms with Crippen LogP contribution in [-0.2, 0) is 0 Å². The summed E-state index contributed by atoms with van der Waals surface area (Å²) in [6.07, 6.45) is 0. The van der Waals surface area contributed by atoms with Crippen LogP contribution in [0.5, 0.6) is 0 Å². The number of benzene rings is 9. The van der Waals surface area contributed by atoms with E-state index in [-0.39, 0.29) is 0 Å². The van der Waals surface area contributed by atoms with Crippen molar-refractivity contribution >= 4 is 81.1 Å². The number of rotatable bonds is 6. The fourth-order valence-electron chi connectivity index (χ4n) is 8.39. The molecule has 0 fully saturated rings. The molecule has 0 atom stereocenters. The lowest BCUT2D eigenvalue weighted by atomic mass is 9.97. The highest BCUT2D eigenvalue weighted by atomic mass is 32.1. The highest BCUT2D eigenvalue weighted by molar-refractivity contribution is 7.26. The van der Waals surface area contributed by atoms with Crippen LogP contribution in [0.4, 0.5) is 17.1 Å². The Morgan fingerprint density at radius 3 is 1.73 bits per heavy atom. The number of thiophene rings is 1. The lowest BCUT2D eigenvalue weighted by Crippen LogP contribution is -2.13. The van der Waals surface area contributed by atoms with Crippen molar-refractivity contribution in [2.45, 2.75) is 0 Å². The molecule has 0 radical (unpaired) electrons. The molecule has 55 heavy (non-hydrogen) atoms. The molecular formula is C52H34N2S. The van der Waals surface area contributed by atoms with E-state index >= 15 is 0 Å². The van der Waals surface area contributed by atoms with Crippen LogP contribution in [0.3, 0.4) is 0 Å². The Balaban J connectivity index is 1.09. The normalized spacial score (nSPS) is 11.6. The first-order valence-corrected chi connectivity index (χ1v) is 19.6. The third-order valence-corrected chi connectivity index (χ3v) is 12.2. The Bertz CT molecular complexity index is 3170. The number of aromatic nitrogens is 1. The van der Waals surface area contributed by atoms with E-state index in [9.17, 15) is 0 Å². The second-order valence-corrected chi connectivity index (χ2v) is 15.2. The first kappa shape index (κ1) is 31.6. The second kappa shape index (κ2) is 12.9. The minimum Gasteiger partial charge on any atom is -0.307 e. The molecule has 0 bridgehead atoms. The Labute approximate surface area is 323 Å². The third-order valence-electron chi connectivity index (χ3n) is 11.0. The van der Waals surface area contributed by atoms with Gasteiger partial charge < -0.3 is 9.47 Å². The van der Waals surface area contributed by atoms with Crippen LogP contribution >= 0.6 is 11.3 Å². The quantitative estimate of drug-likeness (QED) is 0.166. The van der Waals surface area contributed by atoms with E-state index in [1.54, 1.807) is 0 Å². The van der Waals surface area contributed by atoms with Crippen molar-refractivity contribution in [3.63, 3.8) is 0 Å². The summed E-state index contributed by atoms with van der Waals surface area (Å²) < 4.78 is 5.00. The smallest absolute Gasteiger partial charge is 0.0703 e. The molecule has 0 aliphatic heterocycles. The van der Waals surface area contributed by atoms with Gasteiger partial charge in [0.1, 0.15) is 0 Å². The number of nitrogens with zero attached hydrogens (tertiary/aromatic N) is 2. The largest absolute Gasteiger partial charge is 0.307 e. The fraction of sp³-hybridized carbons (Fsp3) is 0. The zero-order chi connectivity index (χ0) is 36.3. The first-order chi connectivity index (χ1) is 27.3. The van der Waals surface area contributed by atoms with E-state index in [2.05, 4.69) is 216 Å². The highest BCUT2D eigenvalue weighted by Gasteiger charge is 2.23. The minimum absolute atomic E-state index is 1.10. The van der Waals surface area contributed by atoms with E-state index in [1.807, 2.05) is 11.3 Å². The monoisotopic (exact) mass is 718 g/mol.